The second-order valence-corrected chi connectivity index (χ2v) is 3.10. The Bertz CT molecular complexity index is 382. The molecule has 0 aliphatic rings. The van der Waals surface area contributed by atoms with Crippen LogP contribution in [0.4, 0.5) is 0 Å². The fourth-order valence-electron chi connectivity index (χ4n) is 0.968. The van der Waals surface area contributed by atoms with E-state index in [-0.39, 0.29) is 11.7 Å². The van der Waals surface area contributed by atoms with Gasteiger partial charge in [-0.2, -0.15) is 0 Å². The van der Waals surface area contributed by atoms with Crippen molar-refractivity contribution in [1.29, 1.82) is 0 Å². The van der Waals surface area contributed by atoms with Crippen molar-refractivity contribution in [3.63, 3.8) is 0 Å². The highest BCUT2D eigenvalue weighted by Gasteiger charge is 2.13. The highest BCUT2D eigenvalue weighted by molar-refractivity contribution is 5.83. The fraction of sp³-hybridized carbons (Fsp3) is 0.167. The standard InChI is InChI=1S/C12H12O3/c1-3-9(2)12(14)15-11-7-5-4-6-10(11)8-13/h3-9H,1H2,2H3. The molecule has 0 aromatic heterocycles. The van der Waals surface area contributed by atoms with Crippen LogP contribution in [0.1, 0.15) is 17.3 Å². The predicted octanol–water partition coefficient (Wildman–Crippen LogP) is 2.23. The first-order valence-electron chi connectivity index (χ1n) is 4.57. The summed E-state index contributed by atoms with van der Waals surface area (Å²) in [4.78, 5) is 22.0. The number of benzene rings is 1. The smallest absolute Gasteiger partial charge is 0.317 e. The fourth-order valence-corrected chi connectivity index (χ4v) is 0.968. The lowest BCUT2D eigenvalue weighted by atomic mass is 10.2. The van der Waals surface area contributed by atoms with E-state index in [1.807, 2.05) is 0 Å². The minimum Gasteiger partial charge on any atom is -0.425 e. The topological polar surface area (TPSA) is 43.4 Å². The van der Waals surface area contributed by atoms with Gasteiger partial charge in [0.25, 0.3) is 0 Å². The lowest BCUT2D eigenvalue weighted by Crippen LogP contribution is -2.16. The molecule has 78 valence electrons. The highest BCUT2D eigenvalue weighted by atomic mass is 16.5. The number of rotatable bonds is 4. The number of aldehydes is 1. The number of carbonyl (C=O) groups is 2. The quantitative estimate of drug-likeness (QED) is 0.327. The lowest BCUT2D eigenvalue weighted by Gasteiger charge is -2.08. The molecule has 0 amide bonds. The van der Waals surface area contributed by atoms with E-state index in [1.54, 1.807) is 31.2 Å². The van der Waals surface area contributed by atoms with Crippen LogP contribution in [-0.4, -0.2) is 12.3 Å². The van der Waals surface area contributed by atoms with Gasteiger partial charge in [0.2, 0.25) is 0 Å². The van der Waals surface area contributed by atoms with Crippen molar-refractivity contribution >= 4 is 12.3 Å². The molecule has 3 heteroatoms. The molecule has 1 rings (SSSR count). The largest absolute Gasteiger partial charge is 0.425 e. The summed E-state index contributed by atoms with van der Waals surface area (Å²) in [5, 5.41) is 0. The van der Waals surface area contributed by atoms with Crippen LogP contribution in [0, 0.1) is 5.92 Å². The number of ether oxygens (including phenoxy) is 1. The van der Waals surface area contributed by atoms with Crippen LogP contribution in [0.15, 0.2) is 36.9 Å². The molecule has 1 aromatic carbocycles. The van der Waals surface area contributed by atoms with Crippen LogP contribution in [0.2, 0.25) is 0 Å². The molecule has 1 atom stereocenters. The zero-order chi connectivity index (χ0) is 11.3. The Kier molecular flexibility index (Phi) is 3.80. The van der Waals surface area contributed by atoms with Crippen LogP contribution < -0.4 is 4.74 Å². The first kappa shape index (κ1) is 11.2. The van der Waals surface area contributed by atoms with Gasteiger partial charge >= 0.3 is 5.97 Å². The number of para-hydroxylation sites is 1. The molecular formula is C12H12O3. The molecule has 0 radical (unpaired) electrons. The summed E-state index contributed by atoms with van der Waals surface area (Å²) in [7, 11) is 0. The van der Waals surface area contributed by atoms with Gasteiger partial charge in [-0.3, -0.25) is 9.59 Å². The maximum absolute atomic E-state index is 11.4. The Morgan fingerprint density at radius 2 is 2.13 bits per heavy atom. The third kappa shape index (κ3) is 2.77. The molecule has 0 saturated heterocycles. The summed E-state index contributed by atoms with van der Waals surface area (Å²) in [6.45, 7) is 5.17. The molecule has 1 unspecified atom stereocenters. The van der Waals surface area contributed by atoms with Crippen molar-refractivity contribution in [1.82, 2.24) is 0 Å². The SMILES string of the molecule is C=CC(C)C(=O)Oc1ccccc1C=O. The molecule has 0 spiro atoms. The molecule has 0 heterocycles. The van der Waals surface area contributed by atoms with Crippen molar-refractivity contribution in [3.8, 4) is 5.75 Å². The van der Waals surface area contributed by atoms with Crippen molar-refractivity contribution in [2.45, 2.75) is 6.92 Å². The Hall–Kier alpha value is -1.90. The van der Waals surface area contributed by atoms with Crippen LogP contribution in [-0.2, 0) is 4.79 Å². The third-order valence-corrected chi connectivity index (χ3v) is 1.98. The molecule has 0 fully saturated rings. The van der Waals surface area contributed by atoms with E-state index in [0.717, 1.165) is 0 Å². The molecule has 0 aliphatic heterocycles. The normalized spacial score (nSPS) is 11.5. The lowest BCUT2D eigenvalue weighted by molar-refractivity contribution is -0.136. The van der Waals surface area contributed by atoms with Crippen molar-refractivity contribution in [3.05, 3.63) is 42.5 Å². The second-order valence-electron chi connectivity index (χ2n) is 3.10. The van der Waals surface area contributed by atoms with Gasteiger partial charge in [-0.25, -0.2) is 0 Å². The Morgan fingerprint density at radius 3 is 2.73 bits per heavy atom. The maximum Gasteiger partial charge on any atom is 0.317 e. The van der Waals surface area contributed by atoms with Gasteiger partial charge in [0, 0.05) is 0 Å². The summed E-state index contributed by atoms with van der Waals surface area (Å²) in [5.74, 6) is -0.518. The summed E-state index contributed by atoms with van der Waals surface area (Å²) >= 11 is 0. The highest BCUT2D eigenvalue weighted by Crippen LogP contribution is 2.17. The summed E-state index contributed by atoms with van der Waals surface area (Å²) in [5.41, 5.74) is 0.363. The van der Waals surface area contributed by atoms with Gasteiger partial charge < -0.3 is 4.74 Å². The molecule has 0 saturated carbocycles. The van der Waals surface area contributed by atoms with Gasteiger partial charge in [-0.15, -0.1) is 6.58 Å². The third-order valence-electron chi connectivity index (χ3n) is 1.98. The Labute approximate surface area is 88.4 Å². The van der Waals surface area contributed by atoms with E-state index in [4.69, 9.17) is 4.74 Å². The van der Waals surface area contributed by atoms with Crippen LogP contribution in [0.5, 0.6) is 5.75 Å². The van der Waals surface area contributed by atoms with E-state index < -0.39 is 5.97 Å². The van der Waals surface area contributed by atoms with E-state index in [1.165, 1.54) is 6.08 Å². The van der Waals surface area contributed by atoms with Gasteiger partial charge in [-0.05, 0) is 19.1 Å². The van der Waals surface area contributed by atoms with Gasteiger partial charge in [0.05, 0.1) is 11.5 Å². The van der Waals surface area contributed by atoms with Gasteiger partial charge in [0.15, 0.2) is 6.29 Å². The average Bonchev–Trinajstić information content (AvgIpc) is 2.28. The number of hydrogen-bond acceptors (Lipinski definition) is 3. The summed E-state index contributed by atoms with van der Waals surface area (Å²) in [6.07, 6.45) is 2.15. The van der Waals surface area contributed by atoms with Crippen LogP contribution >= 0.6 is 0 Å². The summed E-state index contributed by atoms with van der Waals surface area (Å²) in [6, 6.07) is 6.58. The summed E-state index contributed by atoms with van der Waals surface area (Å²) < 4.78 is 5.05. The van der Waals surface area contributed by atoms with Crippen molar-refractivity contribution in [2.24, 2.45) is 5.92 Å². The molecule has 0 N–H and O–H groups in total. The first-order valence-corrected chi connectivity index (χ1v) is 4.57. The van der Waals surface area contributed by atoms with Gasteiger partial charge in [-0.1, -0.05) is 18.2 Å². The zero-order valence-corrected chi connectivity index (χ0v) is 8.47. The van der Waals surface area contributed by atoms with E-state index in [2.05, 4.69) is 6.58 Å². The predicted molar refractivity (Wildman–Crippen MR) is 56.8 cm³/mol. The minimum atomic E-state index is -0.417. The Morgan fingerprint density at radius 1 is 1.47 bits per heavy atom. The van der Waals surface area contributed by atoms with Crippen molar-refractivity contribution < 1.29 is 14.3 Å². The molecule has 15 heavy (non-hydrogen) atoms. The molecule has 0 aliphatic carbocycles. The monoisotopic (exact) mass is 204 g/mol. The Balaban J connectivity index is 2.84. The average molecular weight is 204 g/mol. The maximum atomic E-state index is 11.4. The number of esters is 1. The molecule has 3 nitrogen and oxygen atoms in total. The van der Waals surface area contributed by atoms with E-state index >= 15 is 0 Å². The van der Waals surface area contributed by atoms with E-state index in [0.29, 0.717) is 11.8 Å². The van der Waals surface area contributed by atoms with Gasteiger partial charge in [0.1, 0.15) is 5.75 Å². The first-order chi connectivity index (χ1) is 7.19. The second kappa shape index (κ2) is 5.10. The minimum absolute atomic E-state index is 0.284. The number of carbonyl (C=O) groups excluding carboxylic acids is 2. The zero-order valence-electron chi connectivity index (χ0n) is 8.47. The molecule has 1 aromatic rings. The molecule has 0 bridgehead atoms. The van der Waals surface area contributed by atoms with Crippen LogP contribution in [0.3, 0.4) is 0 Å². The van der Waals surface area contributed by atoms with E-state index in [9.17, 15) is 9.59 Å². The molecular weight excluding hydrogens is 192 g/mol. The number of hydrogen-bond donors (Lipinski definition) is 0. The van der Waals surface area contributed by atoms with Crippen LogP contribution in [0.25, 0.3) is 0 Å². The van der Waals surface area contributed by atoms with Crippen molar-refractivity contribution in [2.75, 3.05) is 0 Å².